The molecule has 0 aromatic rings. The van der Waals surface area contributed by atoms with Gasteiger partial charge in [0.1, 0.15) is 6.04 Å². The number of carboxylic acid groups (broad SMARTS) is 1. The Balaban J connectivity index is 2.67. The van der Waals surface area contributed by atoms with E-state index in [0.717, 1.165) is 12.8 Å². The van der Waals surface area contributed by atoms with Gasteiger partial charge in [0.15, 0.2) is 0 Å². The van der Waals surface area contributed by atoms with E-state index in [1.807, 2.05) is 0 Å². The van der Waals surface area contributed by atoms with E-state index in [1.54, 1.807) is 0 Å². The van der Waals surface area contributed by atoms with Crippen LogP contribution in [0.15, 0.2) is 0 Å². The van der Waals surface area contributed by atoms with Crippen molar-refractivity contribution in [3.05, 3.63) is 0 Å². The summed E-state index contributed by atoms with van der Waals surface area (Å²) in [4.78, 5) is 23.2. The van der Waals surface area contributed by atoms with Crippen molar-refractivity contribution in [2.24, 2.45) is 0 Å². The summed E-state index contributed by atoms with van der Waals surface area (Å²) in [6, 6.07) is -0.490. The molecule has 1 rings (SSSR count). The van der Waals surface area contributed by atoms with Crippen molar-refractivity contribution in [1.29, 1.82) is 0 Å². The Bertz CT molecular complexity index is 217. The van der Waals surface area contributed by atoms with Crippen molar-refractivity contribution in [3.8, 4) is 0 Å². The van der Waals surface area contributed by atoms with E-state index >= 15 is 0 Å². The molecule has 0 radical (unpaired) electrons. The van der Waals surface area contributed by atoms with Gasteiger partial charge in [-0.25, -0.2) is 4.79 Å². The van der Waals surface area contributed by atoms with E-state index in [2.05, 4.69) is 5.32 Å². The second-order valence-corrected chi connectivity index (χ2v) is 3.10. The lowest BCUT2D eigenvalue weighted by Crippen LogP contribution is -2.50. The first-order chi connectivity index (χ1) is 6.16. The first kappa shape index (κ1) is 9.83. The molecule has 0 spiro atoms. The van der Waals surface area contributed by atoms with Crippen molar-refractivity contribution in [2.45, 2.75) is 25.3 Å². The van der Waals surface area contributed by atoms with Gasteiger partial charge < -0.3 is 10.4 Å². The quantitative estimate of drug-likeness (QED) is 0.617. The molecular weight excluding hydrogens is 172 g/mol. The molecule has 5 heteroatoms. The molecular formula is C8H14N2O3. The van der Waals surface area contributed by atoms with Gasteiger partial charge in [0.25, 0.3) is 0 Å². The maximum Gasteiger partial charge on any atom is 0.407 e. The third-order valence-electron chi connectivity index (χ3n) is 2.30. The van der Waals surface area contributed by atoms with E-state index in [-0.39, 0.29) is 5.91 Å². The molecule has 0 saturated carbocycles. The molecule has 2 amide bonds. The van der Waals surface area contributed by atoms with E-state index in [9.17, 15) is 9.59 Å². The number of nitrogens with zero attached hydrogens (tertiary/aromatic N) is 1. The minimum absolute atomic E-state index is 0.206. The predicted molar refractivity (Wildman–Crippen MR) is 46.4 cm³/mol. The van der Waals surface area contributed by atoms with Gasteiger partial charge in [0.2, 0.25) is 5.91 Å². The van der Waals surface area contributed by atoms with Crippen LogP contribution in [0, 0.1) is 0 Å². The summed E-state index contributed by atoms with van der Waals surface area (Å²) in [5.74, 6) is -0.206. The van der Waals surface area contributed by atoms with Crippen LogP contribution in [0.5, 0.6) is 0 Å². The van der Waals surface area contributed by atoms with Crippen LogP contribution in [-0.2, 0) is 4.79 Å². The molecule has 0 bridgehead atoms. The number of hydrogen-bond acceptors (Lipinski definition) is 2. The molecule has 1 atom stereocenters. The minimum atomic E-state index is -1.01. The third kappa shape index (κ3) is 2.11. The van der Waals surface area contributed by atoms with Gasteiger partial charge in [-0.15, -0.1) is 0 Å². The molecule has 1 unspecified atom stereocenters. The number of piperidine rings is 1. The molecule has 0 aromatic carbocycles. The Morgan fingerprint density at radius 3 is 2.69 bits per heavy atom. The normalized spacial score (nSPS) is 22.5. The second kappa shape index (κ2) is 4.11. The van der Waals surface area contributed by atoms with Gasteiger partial charge >= 0.3 is 6.09 Å². The number of hydrogen-bond donors (Lipinski definition) is 2. The summed E-state index contributed by atoms with van der Waals surface area (Å²) in [6.07, 6.45) is 1.39. The fourth-order valence-corrected chi connectivity index (χ4v) is 1.60. The smallest absolute Gasteiger partial charge is 0.407 e. The van der Waals surface area contributed by atoms with Gasteiger partial charge in [-0.05, 0) is 19.3 Å². The fourth-order valence-electron chi connectivity index (χ4n) is 1.60. The molecule has 0 aromatic heterocycles. The minimum Gasteiger partial charge on any atom is -0.465 e. The van der Waals surface area contributed by atoms with Gasteiger partial charge in [-0.2, -0.15) is 0 Å². The van der Waals surface area contributed by atoms with Crippen LogP contribution in [-0.4, -0.2) is 41.6 Å². The van der Waals surface area contributed by atoms with Crippen LogP contribution in [0.4, 0.5) is 4.79 Å². The highest BCUT2D eigenvalue weighted by atomic mass is 16.4. The Labute approximate surface area is 76.7 Å². The lowest BCUT2D eigenvalue weighted by atomic mass is 10.0. The predicted octanol–water partition coefficient (Wildman–Crippen LogP) is 0.265. The SMILES string of the molecule is CNC(=O)C1CCCCN1C(=O)O. The molecule has 1 aliphatic rings. The number of likely N-dealkylation sites (tertiary alicyclic amines) is 1. The van der Waals surface area contributed by atoms with Crippen LogP contribution in [0.2, 0.25) is 0 Å². The lowest BCUT2D eigenvalue weighted by Gasteiger charge is -2.31. The average Bonchev–Trinajstić information content (AvgIpc) is 2.16. The summed E-state index contributed by atoms with van der Waals surface area (Å²) < 4.78 is 0. The molecule has 74 valence electrons. The van der Waals surface area contributed by atoms with E-state index in [0.29, 0.717) is 13.0 Å². The molecule has 0 aliphatic carbocycles. The van der Waals surface area contributed by atoms with Crippen molar-refractivity contribution in [1.82, 2.24) is 10.2 Å². The number of amides is 2. The molecule has 1 saturated heterocycles. The Morgan fingerprint density at radius 1 is 1.46 bits per heavy atom. The summed E-state index contributed by atoms with van der Waals surface area (Å²) >= 11 is 0. The molecule has 1 aliphatic heterocycles. The first-order valence-corrected chi connectivity index (χ1v) is 4.38. The number of carbonyl (C=O) groups is 2. The monoisotopic (exact) mass is 186 g/mol. The van der Waals surface area contributed by atoms with Crippen LogP contribution < -0.4 is 5.32 Å². The van der Waals surface area contributed by atoms with Gasteiger partial charge in [0, 0.05) is 13.6 Å². The highest BCUT2D eigenvalue weighted by Gasteiger charge is 2.30. The maximum absolute atomic E-state index is 11.3. The summed E-state index contributed by atoms with van der Waals surface area (Å²) in [5.41, 5.74) is 0. The molecule has 5 nitrogen and oxygen atoms in total. The zero-order valence-corrected chi connectivity index (χ0v) is 7.62. The van der Waals surface area contributed by atoms with Gasteiger partial charge in [-0.3, -0.25) is 9.69 Å². The highest BCUT2D eigenvalue weighted by Crippen LogP contribution is 2.16. The number of rotatable bonds is 1. The van der Waals surface area contributed by atoms with Crippen LogP contribution in [0.25, 0.3) is 0 Å². The lowest BCUT2D eigenvalue weighted by molar-refractivity contribution is -0.126. The van der Waals surface area contributed by atoms with Crippen LogP contribution in [0.1, 0.15) is 19.3 Å². The summed E-state index contributed by atoms with van der Waals surface area (Å²) in [7, 11) is 1.52. The summed E-state index contributed by atoms with van der Waals surface area (Å²) in [6.45, 7) is 0.466. The van der Waals surface area contributed by atoms with Crippen molar-refractivity contribution in [3.63, 3.8) is 0 Å². The van der Waals surface area contributed by atoms with Crippen molar-refractivity contribution < 1.29 is 14.7 Å². The Morgan fingerprint density at radius 2 is 2.15 bits per heavy atom. The zero-order valence-electron chi connectivity index (χ0n) is 7.62. The second-order valence-electron chi connectivity index (χ2n) is 3.10. The highest BCUT2D eigenvalue weighted by molar-refractivity contribution is 5.85. The standard InChI is InChI=1S/C8H14N2O3/c1-9-7(11)6-4-2-3-5-10(6)8(12)13/h6H,2-5H2,1H3,(H,9,11)(H,12,13). The molecule has 1 fully saturated rings. The van der Waals surface area contributed by atoms with Gasteiger partial charge in [-0.1, -0.05) is 0 Å². The first-order valence-electron chi connectivity index (χ1n) is 4.38. The Hall–Kier alpha value is -1.26. The van der Waals surface area contributed by atoms with E-state index < -0.39 is 12.1 Å². The largest absolute Gasteiger partial charge is 0.465 e. The fraction of sp³-hybridized carbons (Fsp3) is 0.750. The maximum atomic E-state index is 11.3. The van der Waals surface area contributed by atoms with Crippen molar-refractivity contribution in [2.75, 3.05) is 13.6 Å². The van der Waals surface area contributed by atoms with Crippen molar-refractivity contribution >= 4 is 12.0 Å². The Kier molecular flexibility index (Phi) is 3.11. The number of nitrogens with one attached hydrogen (secondary N) is 1. The topological polar surface area (TPSA) is 69.6 Å². The molecule has 13 heavy (non-hydrogen) atoms. The van der Waals surface area contributed by atoms with Gasteiger partial charge in [0.05, 0.1) is 0 Å². The average molecular weight is 186 g/mol. The van der Waals surface area contributed by atoms with E-state index in [4.69, 9.17) is 5.11 Å². The third-order valence-corrected chi connectivity index (χ3v) is 2.30. The zero-order chi connectivity index (χ0) is 9.84. The molecule has 2 N–H and O–H groups in total. The number of likely N-dealkylation sites (N-methyl/N-ethyl adjacent to an activating group) is 1. The van der Waals surface area contributed by atoms with E-state index in [1.165, 1.54) is 11.9 Å². The number of carbonyl (C=O) groups excluding carboxylic acids is 1. The molecule has 1 heterocycles. The van der Waals surface area contributed by atoms with Crippen LogP contribution in [0.3, 0.4) is 0 Å². The summed E-state index contributed by atoms with van der Waals surface area (Å²) in [5, 5.41) is 11.3. The van der Waals surface area contributed by atoms with Crippen LogP contribution >= 0.6 is 0 Å².